The van der Waals surface area contributed by atoms with Gasteiger partial charge in [-0.15, -0.1) is 0 Å². The lowest BCUT2D eigenvalue weighted by Crippen LogP contribution is -2.38. The molecule has 2 aromatic carbocycles. The normalized spacial score (nSPS) is 18.3. The van der Waals surface area contributed by atoms with Gasteiger partial charge in [-0.1, -0.05) is 24.9 Å². The number of nitrogens with one attached hydrogen (secondary N) is 1. The van der Waals surface area contributed by atoms with Crippen molar-refractivity contribution in [3.63, 3.8) is 0 Å². The number of aromatic nitrogens is 4. The van der Waals surface area contributed by atoms with Crippen LogP contribution in [-0.4, -0.2) is 37.9 Å². The van der Waals surface area contributed by atoms with E-state index in [2.05, 4.69) is 19.2 Å². The van der Waals surface area contributed by atoms with E-state index in [1.54, 1.807) is 77.8 Å². The lowest BCUT2D eigenvalue weighted by Gasteiger charge is -2.29. The minimum atomic E-state index is -0.283. The fraction of sp³-hybridized carbons (Fsp3) is 0.406. The van der Waals surface area contributed by atoms with Crippen molar-refractivity contribution in [3.8, 4) is 17.2 Å². The van der Waals surface area contributed by atoms with Gasteiger partial charge in [0.25, 0.3) is 0 Å². The van der Waals surface area contributed by atoms with E-state index in [-0.39, 0.29) is 35.4 Å². The zero-order valence-electron chi connectivity index (χ0n) is 24.6. The Morgan fingerprint density at radius 2 is 1.81 bits per heavy atom. The molecule has 1 N–H and O–H groups in total. The highest BCUT2D eigenvalue weighted by Gasteiger charge is 2.34. The molecular weight excluding hydrogens is 555 g/mol. The van der Waals surface area contributed by atoms with E-state index in [1.807, 2.05) is 0 Å². The van der Waals surface area contributed by atoms with Crippen molar-refractivity contribution in [1.82, 2.24) is 24.2 Å². The van der Waals surface area contributed by atoms with Crippen LogP contribution < -0.4 is 15.9 Å². The van der Waals surface area contributed by atoms with Crippen molar-refractivity contribution in [3.05, 3.63) is 86.4 Å². The highest BCUT2D eigenvalue weighted by Crippen LogP contribution is 2.36. The maximum atomic E-state index is 14.6. The summed E-state index contributed by atoms with van der Waals surface area (Å²) in [5.74, 6) is 0.529. The number of halogens is 2. The predicted molar refractivity (Wildman–Crippen MR) is 163 cm³/mol. The predicted octanol–water partition coefficient (Wildman–Crippen LogP) is 5.97. The van der Waals surface area contributed by atoms with Gasteiger partial charge in [0, 0.05) is 49.4 Å². The first-order chi connectivity index (χ1) is 20.1. The Hall–Kier alpha value is -3.69. The van der Waals surface area contributed by atoms with Crippen LogP contribution in [0.2, 0.25) is 5.02 Å². The van der Waals surface area contributed by atoms with E-state index in [0.717, 1.165) is 36.9 Å². The van der Waals surface area contributed by atoms with Gasteiger partial charge in [-0.05, 0) is 81.5 Å². The number of rotatable bonds is 7. The molecule has 2 atom stereocenters. The molecule has 6 rings (SSSR count). The quantitative estimate of drug-likeness (QED) is 0.288. The Balaban J connectivity index is 1.48. The molecule has 0 spiro atoms. The van der Waals surface area contributed by atoms with Crippen molar-refractivity contribution >= 4 is 23.2 Å². The highest BCUT2D eigenvalue weighted by molar-refractivity contribution is 6.34. The third-order valence-corrected chi connectivity index (χ3v) is 8.69. The minimum absolute atomic E-state index is 0.0173. The second-order valence-electron chi connectivity index (χ2n) is 11.7. The third kappa shape index (κ3) is 4.88. The van der Waals surface area contributed by atoms with Crippen LogP contribution in [0.4, 0.5) is 10.1 Å². The fourth-order valence-corrected chi connectivity index (χ4v) is 6.40. The van der Waals surface area contributed by atoms with Gasteiger partial charge in [0.05, 0.1) is 27.8 Å². The topological polar surface area (TPSA) is 77.1 Å². The van der Waals surface area contributed by atoms with Crippen LogP contribution in [0.3, 0.4) is 0 Å². The summed E-state index contributed by atoms with van der Waals surface area (Å²) in [6, 6.07) is 9.08. The molecule has 0 radical (unpaired) electrons. The number of carbonyl (C=O) groups is 1. The number of fused-ring (bicyclic) bond motifs is 1. The number of anilines is 1. The number of hydrogen-bond donors (Lipinski definition) is 1. The van der Waals surface area contributed by atoms with Crippen molar-refractivity contribution < 1.29 is 9.18 Å². The average Bonchev–Trinajstić information content (AvgIpc) is 3.64. The zero-order chi connectivity index (χ0) is 29.9. The molecule has 1 aliphatic carbocycles. The molecule has 1 saturated carbocycles. The largest absolute Gasteiger partial charge is 0.338 e. The van der Waals surface area contributed by atoms with Crippen LogP contribution in [-0.2, 0) is 11.2 Å². The number of nitrogens with zero attached hydrogens (tertiary/aromatic N) is 5. The van der Waals surface area contributed by atoms with Crippen molar-refractivity contribution in [1.29, 1.82) is 0 Å². The van der Waals surface area contributed by atoms with E-state index in [0.29, 0.717) is 45.5 Å². The maximum Gasteiger partial charge on any atom is 0.338 e. The minimum Gasteiger partial charge on any atom is -0.314 e. The molecule has 2 aromatic heterocycles. The summed E-state index contributed by atoms with van der Waals surface area (Å²) in [5.41, 5.74) is 4.58. The molecule has 10 heteroatoms. The number of hydrogen-bond acceptors (Lipinski definition) is 4. The van der Waals surface area contributed by atoms with Crippen LogP contribution in [0.5, 0.6) is 0 Å². The van der Waals surface area contributed by atoms with Gasteiger partial charge < -0.3 is 10.2 Å². The van der Waals surface area contributed by atoms with E-state index in [9.17, 15) is 14.0 Å². The van der Waals surface area contributed by atoms with Gasteiger partial charge in [0.2, 0.25) is 5.91 Å². The Morgan fingerprint density at radius 1 is 1.12 bits per heavy atom. The van der Waals surface area contributed by atoms with Crippen molar-refractivity contribution in [2.45, 2.75) is 71.9 Å². The third-order valence-electron chi connectivity index (χ3n) is 8.38. The van der Waals surface area contributed by atoms with Crippen molar-refractivity contribution in [2.24, 2.45) is 5.92 Å². The molecule has 1 aliphatic heterocycles. The fourth-order valence-electron chi connectivity index (χ4n) is 6.10. The molecule has 1 fully saturated rings. The van der Waals surface area contributed by atoms with Crippen LogP contribution in [0, 0.1) is 25.6 Å². The number of amides is 1. The maximum absolute atomic E-state index is 14.6. The van der Waals surface area contributed by atoms with Crippen molar-refractivity contribution in [2.75, 3.05) is 11.9 Å². The van der Waals surface area contributed by atoms with E-state index in [4.69, 9.17) is 16.7 Å². The number of benzene rings is 2. The smallest absolute Gasteiger partial charge is 0.314 e. The monoisotopic (exact) mass is 590 g/mol. The summed E-state index contributed by atoms with van der Waals surface area (Å²) >= 11 is 6.64. The molecule has 220 valence electrons. The average molecular weight is 591 g/mol. The standard InChI is InChI=1S/C32H36ClFN6O2/c1-6-7-25-28-26(16-20(4)35-25)36-40(23-14-18(2)29(34)19(3)15-23)30(28)39-13-12-38(32(39)42)22-10-11-27(24(33)17-22)37(5)31(41)21-8-9-21/h10-15,17,20-21,25,35H,6-9,16H2,1-5H3/t20-,25+/m1/s1. The molecule has 0 unspecified atom stereocenters. The summed E-state index contributed by atoms with van der Waals surface area (Å²) in [6.45, 7) is 7.76. The number of carbonyl (C=O) groups excluding carboxylic acids is 1. The van der Waals surface area contributed by atoms with E-state index in [1.165, 1.54) is 4.57 Å². The molecule has 0 bridgehead atoms. The van der Waals surface area contributed by atoms with Gasteiger partial charge in [0.1, 0.15) is 11.6 Å². The lowest BCUT2D eigenvalue weighted by molar-refractivity contribution is -0.119. The van der Waals surface area contributed by atoms with E-state index >= 15 is 0 Å². The molecule has 42 heavy (non-hydrogen) atoms. The van der Waals surface area contributed by atoms with E-state index < -0.39 is 0 Å². The SMILES string of the molecule is CCC[C@@H]1N[C@H](C)Cc2nn(-c3cc(C)c(F)c(C)c3)c(-n3ccn(-c4ccc(N(C)C(=O)C5CC5)c(Cl)c4)c3=O)c21. The second kappa shape index (κ2) is 10.9. The Morgan fingerprint density at radius 3 is 2.45 bits per heavy atom. The molecule has 1 amide bonds. The Kier molecular flexibility index (Phi) is 7.35. The first-order valence-corrected chi connectivity index (χ1v) is 15.0. The summed E-state index contributed by atoms with van der Waals surface area (Å²) in [6.07, 6.45) is 7.84. The summed E-state index contributed by atoms with van der Waals surface area (Å²) < 4.78 is 19.6. The summed E-state index contributed by atoms with van der Waals surface area (Å²) in [7, 11) is 1.73. The molecule has 4 aromatic rings. The van der Waals surface area contributed by atoms with Gasteiger partial charge in [-0.3, -0.25) is 13.9 Å². The zero-order valence-corrected chi connectivity index (χ0v) is 25.4. The Labute approximate surface area is 249 Å². The molecule has 2 aliphatic rings. The molecule has 3 heterocycles. The summed E-state index contributed by atoms with van der Waals surface area (Å²) in [4.78, 5) is 28.3. The van der Waals surface area contributed by atoms with Gasteiger partial charge >= 0.3 is 5.69 Å². The second-order valence-corrected chi connectivity index (χ2v) is 12.1. The number of aryl methyl sites for hydroxylation is 2. The first-order valence-electron chi connectivity index (χ1n) is 14.6. The van der Waals surface area contributed by atoms with Crippen LogP contribution in [0.1, 0.15) is 68.0 Å². The Bertz CT molecular complexity index is 1730. The lowest BCUT2D eigenvalue weighted by atomic mass is 9.93. The summed E-state index contributed by atoms with van der Waals surface area (Å²) in [5, 5.41) is 9.11. The molecular formula is C32H36ClFN6O2. The van der Waals surface area contributed by atoms with Gasteiger partial charge in [-0.2, -0.15) is 5.10 Å². The van der Waals surface area contributed by atoms with Crippen LogP contribution >= 0.6 is 11.6 Å². The van der Waals surface area contributed by atoms with Crippen LogP contribution in [0.25, 0.3) is 17.2 Å². The van der Waals surface area contributed by atoms with Gasteiger partial charge in [-0.25, -0.2) is 13.9 Å². The molecule has 0 saturated heterocycles. The number of imidazole rings is 1. The highest BCUT2D eigenvalue weighted by atomic mass is 35.5. The van der Waals surface area contributed by atoms with Gasteiger partial charge in [0.15, 0.2) is 0 Å². The molecule has 8 nitrogen and oxygen atoms in total. The first kappa shape index (κ1) is 28.4. The van der Waals surface area contributed by atoms with Crippen LogP contribution in [0.15, 0.2) is 47.5 Å².